The van der Waals surface area contributed by atoms with Crippen molar-refractivity contribution in [3.63, 3.8) is 0 Å². The van der Waals surface area contributed by atoms with Crippen molar-refractivity contribution in [2.75, 3.05) is 5.43 Å². The molecule has 0 unspecified atom stereocenters. The van der Waals surface area contributed by atoms with Crippen LogP contribution in [-0.4, -0.2) is 25.8 Å². The molecule has 144 valence electrons. The number of phenols is 2. The van der Waals surface area contributed by atoms with Crippen molar-refractivity contribution < 1.29 is 20.1 Å². The van der Waals surface area contributed by atoms with Gasteiger partial charge in [0, 0.05) is 17.2 Å². The molecule has 10 heteroatoms. The molecule has 0 atom stereocenters. The lowest BCUT2D eigenvalue weighted by Gasteiger charge is -2.06. The molecule has 4 rings (SSSR count). The molecule has 0 aromatic heterocycles. The second kappa shape index (κ2) is 6.60. The Hall–Kier alpha value is -4.47. The first-order valence-electron chi connectivity index (χ1n) is 8.29. The number of aromatic hydroxyl groups is 2. The van der Waals surface area contributed by atoms with Gasteiger partial charge in [-0.05, 0) is 41.5 Å². The first-order valence-corrected chi connectivity index (χ1v) is 8.29. The predicted molar refractivity (Wildman–Crippen MR) is 104 cm³/mol. The molecule has 0 saturated carbocycles. The van der Waals surface area contributed by atoms with Crippen molar-refractivity contribution in [3.05, 3.63) is 86.0 Å². The van der Waals surface area contributed by atoms with Crippen LogP contribution in [0.1, 0.15) is 11.1 Å². The molecule has 29 heavy (non-hydrogen) atoms. The second-order valence-electron chi connectivity index (χ2n) is 6.25. The van der Waals surface area contributed by atoms with E-state index in [1.807, 2.05) is 0 Å². The van der Waals surface area contributed by atoms with Crippen LogP contribution in [0.5, 0.6) is 11.5 Å². The van der Waals surface area contributed by atoms with E-state index in [0.717, 1.165) is 23.3 Å². The minimum absolute atomic E-state index is 0.00907. The van der Waals surface area contributed by atoms with Crippen molar-refractivity contribution in [2.45, 2.75) is 0 Å². The van der Waals surface area contributed by atoms with Gasteiger partial charge >= 0.3 is 5.69 Å². The van der Waals surface area contributed by atoms with E-state index in [9.17, 15) is 30.4 Å². The van der Waals surface area contributed by atoms with Gasteiger partial charge < -0.3 is 10.2 Å². The van der Waals surface area contributed by atoms with Gasteiger partial charge in [-0.15, -0.1) is 0 Å². The molecule has 1 aliphatic rings. The number of phenolic OH excluding ortho intramolecular Hbond substituents is 2. The molecule has 0 spiro atoms. The largest absolute Gasteiger partial charge is 0.508 e. The van der Waals surface area contributed by atoms with Crippen LogP contribution in [0.4, 0.5) is 17.1 Å². The summed E-state index contributed by atoms with van der Waals surface area (Å²) in [6, 6.07) is 12.6. The highest BCUT2D eigenvalue weighted by Gasteiger charge is 2.27. The monoisotopic (exact) mass is 392 g/mol. The first-order chi connectivity index (χ1) is 13.8. The number of anilines is 1. The smallest absolute Gasteiger partial charge is 0.301 e. The van der Waals surface area contributed by atoms with E-state index in [2.05, 4.69) is 10.5 Å². The van der Waals surface area contributed by atoms with Crippen LogP contribution in [0, 0.1) is 20.2 Å². The second-order valence-corrected chi connectivity index (χ2v) is 6.25. The van der Waals surface area contributed by atoms with Crippen LogP contribution in [0.2, 0.25) is 0 Å². The van der Waals surface area contributed by atoms with Gasteiger partial charge in [0.1, 0.15) is 17.2 Å². The third kappa shape index (κ3) is 3.08. The maximum atomic E-state index is 11.3. The maximum absolute atomic E-state index is 11.3. The van der Waals surface area contributed by atoms with Crippen molar-refractivity contribution in [1.82, 2.24) is 0 Å². The highest BCUT2D eigenvalue weighted by Crippen LogP contribution is 2.40. The third-order valence-corrected chi connectivity index (χ3v) is 4.48. The summed E-state index contributed by atoms with van der Waals surface area (Å²) in [4.78, 5) is 20.7. The van der Waals surface area contributed by atoms with Gasteiger partial charge in [0.2, 0.25) is 0 Å². The molecule has 0 radical (unpaired) electrons. The first kappa shape index (κ1) is 17.9. The minimum atomic E-state index is -0.746. The molecular formula is C19H12N4O6. The number of hydrogen-bond donors (Lipinski definition) is 3. The summed E-state index contributed by atoms with van der Waals surface area (Å²) in [5, 5.41) is 46.1. The van der Waals surface area contributed by atoms with Crippen molar-refractivity contribution >= 4 is 22.8 Å². The molecule has 3 N–H and O–H groups in total. The lowest BCUT2D eigenvalue weighted by molar-refractivity contribution is -0.393. The van der Waals surface area contributed by atoms with Gasteiger partial charge in [-0.1, -0.05) is 12.1 Å². The van der Waals surface area contributed by atoms with Crippen LogP contribution in [0.25, 0.3) is 11.1 Å². The number of nitrogens with one attached hydrogen (secondary N) is 1. The summed E-state index contributed by atoms with van der Waals surface area (Å²) >= 11 is 0. The molecule has 0 saturated heterocycles. The van der Waals surface area contributed by atoms with E-state index in [1.54, 1.807) is 12.1 Å². The Bertz CT molecular complexity index is 1170. The van der Waals surface area contributed by atoms with E-state index in [0.29, 0.717) is 16.8 Å². The van der Waals surface area contributed by atoms with Crippen molar-refractivity contribution in [2.24, 2.45) is 5.10 Å². The normalized spacial score (nSPS) is 11.5. The van der Waals surface area contributed by atoms with Crippen molar-refractivity contribution in [3.8, 4) is 22.6 Å². The van der Waals surface area contributed by atoms with E-state index in [4.69, 9.17) is 0 Å². The molecule has 0 bridgehead atoms. The van der Waals surface area contributed by atoms with Gasteiger partial charge in [0.05, 0.1) is 21.6 Å². The molecule has 0 heterocycles. The maximum Gasteiger partial charge on any atom is 0.301 e. The zero-order valence-corrected chi connectivity index (χ0v) is 14.6. The lowest BCUT2D eigenvalue weighted by atomic mass is 10.1. The number of non-ortho nitro benzene ring substituents is 1. The molecule has 3 aromatic rings. The Morgan fingerprint density at radius 2 is 1.34 bits per heavy atom. The lowest BCUT2D eigenvalue weighted by Crippen LogP contribution is -2.04. The number of benzene rings is 3. The minimum Gasteiger partial charge on any atom is -0.508 e. The van der Waals surface area contributed by atoms with Crippen LogP contribution in [-0.2, 0) is 0 Å². The van der Waals surface area contributed by atoms with Crippen LogP contribution in [0.3, 0.4) is 0 Å². The molecular weight excluding hydrogens is 380 g/mol. The Morgan fingerprint density at radius 3 is 1.86 bits per heavy atom. The number of nitro benzene ring substituents is 2. The highest BCUT2D eigenvalue weighted by molar-refractivity contribution is 6.25. The van der Waals surface area contributed by atoms with Gasteiger partial charge in [0.15, 0.2) is 0 Å². The third-order valence-electron chi connectivity index (χ3n) is 4.48. The number of hydrogen-bond acceptors (Lipinski definition) is 8. The Kier molecular flexibility index (Phi) is 4.08. The fraction of sp³-hybridized carbons (Fsp3) is 0. The number of hydrazone groups is 1. The van der Waals surface area contributed by atoms with E-state index in [1.165, 1.54) is 30.3 Å². The number of nitrogens with zero attached hydrogens (tertiary/aromatic N) is 3. The Balaban J connectivity index is 1.82. The van der Waals surface area contributed by atoms with Gasteiger partial charge in [-0.25, -0.2) is 0 Å². The molecule has 0 fully saturated rings. The van der Waals surface area contributed by atoms with Gasteiger partial charge in [-0.2, -0.15) is 5.10 Å². The van der Waals surface area contributed by atoms with Crippen LogP contribution in [0.15, 0.2) is 59.7 Å². The summed E-state index contributed by atoms with van der Waals surface area (Å²) in [5.41, 5.74) is 4.67. The summed E-state index contributed by atoms with van der Waals surface area (Å²) in [7, 11) is 0. The number of rotatable bonds is 4. The number of fused-ring (bicyclic) bond motifs is 3. The quantitative estimate of drug-likeness (QED) is 0.353. The fourth-order valence-corrected chi connectivity index (χ4v) is 3.19. The molecule has 10 nitrogen and oxygen atoms in total. The Labute approximate surface area is 162 Å². The molecule has 0 amide bonds. The standard InChI is InChI=1S/C19H12N4O6/c24-11-2-4-13-14-5-3-12(25)9-16(14)19(15(13)8-11)21-20-17-6-1-10(22(26)27)7-18(17)23(28)29/h1-9,20,24-25H. The highest BCUT2D eigenvalue weighted by atomic mass is 16.6. The molecule has 3 aromatic carbocycles. The zero-order chi connectivity index (χ0) is 20.7. The summed E-state index contributed by atoms with van der Waals surface area (Å²) in [6.45, 7) is 0. The van der Waals surface area contributed by atoms with E-state index in [-0.39, 0.29) is 17.2 Å². The summed E-state index contributed by atoms with van der Waals surface area (Å²) < 4.78 is 0. The topological polar surface area (TPSA) is 151 Å². The van der Waals surface area contributed by atoms with Gasteiger partial charge in [-0.3, -0.25) is 25.7 Å². The number of nitro groups is 2. The summed E-state index contributed by atoms with van der Waals surface area (Å²) in [6.07, 6.45) is 0. The fourth-order valence-electron chi connectivity index (χ4n) is 3.19. The summed E-state index contributed by atoms with van der Waals surface area (Å²) in [5.74, 6) is 0.0181. The van der Waals surface area contributed by atoms with Crippen LogP contribution >= 0.6 is 0 Å². The Morgan fingerprint density at radius 1 is 0.759 bits per heavy atom. The average molecular weight is 392 g/mol. The van der Waals surface area contributed by atoms with Crippen LogP contribution < -0.4 is 5.43 Å². The molecule has 1 aliphatic carbocycles. The van der Waals surface area contributed by atoms with Crippen molar-refractivity contribution in [1.29, 1.82) is 0 Å². The average Bonchev–Trinajstić information content (AvgIpc) is 2.97. The van der Waals surface area contributed by atoms with Gasteiger partial charge in [0.25, 0.3) is 5.69 Å². The van der Waals surface area contributed by atoms with E-state index >= 15 is 0 Å². The SMILES string of the molecule is O=[N+]([O-])c1ccc(NN=C2c3cc(O)ccc3-c3ccc(O)cc32)c([N+](=O)[O-])c1. The van der Waals surface area contributed by atoms with E-state index < -0.39 is 21.2 Å². The zero-order valence-electron chi connectivity index (χ0n) is 14.6. The molecule has 0 aliphatic heterocycles. The predicted octanol–water partition coefficient (Wildman–Crippen LogP) is 3.76.